The minimum Gasteiger partial charge on any atom is -0.494 e. The van der Waals surface area contributed by atoms with Crippen LogP contribution in [0.15, 0.2) is 42.5 Å². The molecule has 176 valence electrons. The Bertz CT molecular complexity index is 999. The van der Waals surface area contributed by atoms with Crippen molar-refractivity contribution in [2.75, 3.05) is 44.2 Å². The van der Waals surface area contributed by atoms with Crippen molar-refractivity contribution in [1.82, 2.24) is 9.80 Å². The van der Waals surface area contributed by atoms with Crippen LogP contribution in [0.3, 0.4) is 0 Å². The standard InChI is InChI=1S/C25H29F2N3O3/c1-18-4-2-11-28(18)12-3-15-33-21-8-6-20(7-9-21)30-14-13-29(17-24(30)31)25(32)19-5-10-22(26)23(27)16-19/h5-10,16,18H,2-4,11-15,17H2,1H3/t18-/m1/s1. The van der Waals surface area contributed by atoms with Gasteiger partial charge in [-0.25, -0.2) is 8.78 Å². The van der Waals surface area contributed by atoms with Gasteiger partial charge in [0.05, 0.1) is 6.61 Å². The molecule has 0 aromatic heterocycles. The summed E-state index contributed by atoms with van der Waals surface area (Å²) in [6.07, 6.45) is 3.52. The van der Waals surface area contributed by atoms with Gasteiger partial charge in [-0.15, -0.1) is 0 Å². The smallest absolute Gasteiger partial charge is 0.254 e. The lowest BCUT2D eigenvalue weighted by Gasteiger charge is -2.34. The number of ether oxygens (including phenoxy) is 1. The highest BCUT2D eigenvalue weighted by molar-refractivity contribution is 6.01. The second kappa shape index (κ2) is 10.3. The Labute approximate surface area is 192 Å². The van der Waals surface area contributed by atoms with Crippen molar-refractivity contribution in [3.8, 4) is 5.75 Å². The summed E-state index contributed by atoms with van der Waals surface area (Å²) < 4.78 is 32.4. The molecular weight excluding hydrogens is 428 g/mol. The summed E-state index contributed by atoms with van der Waals surface area (Å²) in [5, 5.41) is 0. The zero-order valence-corrected chi connectivity index (χ0v) is 18.8. The first-order valence-electron chi connectivity index (χ1n) is 11.4. The van der Waals surface area contributed by atoms with E-state index >= 15 is 0 Å². The Morgan fingerprint density at radius 1 is 1.06 bits per heavy atom. The van der Waals surface area contributed by atoms with Crippen molar-refractivity contribution in [3.63, 3.8) is 0 Å². The molecule has 6 nitrogen and oxygen atoms in total. The van der Waals surface area contributed by atoms with Gasteiger partial charge in [-0.2, -0.15) is 0 Å². The summed E-state index contributed by atoms with van der Waals surface area (Å²) in [7, 11) is 0. The quantitative estimate of drug-likeness (QED) is 0.595. The summed E-state index contributed by atoms with van der Waals surface area (Å²) in [5.74, 6) is -2.06. The molecule has 2 amide bonds. The summed E-state index contributed by atoms with van der Waals surface area (Å²) in [5.41, 5.74) is 0.758. The molecule has 0 spiro atoms. The van der Waals surface area contributed by atoms with Gasteiger partial charge in [0.25, 0.3) is 5.91 Å². The Kier molecular flexibility index (Phi) is 7.23. The molecule has 0 radical (unpaired) electrons. The summed E-state index contributed by atoms with van der Waals surface area (Å²) in [6, 6.07) is 11.0. The number of piperazine rings is 1. The summed E-state index contributed by atoms with van der Waals surface area (Å²) >= 11 is 0. The van der Waals surface area contributed by atoms with Gasteiger partial charge in [0.15, 0.2) is 11.6 Å². The van der Waals surface area contributed by atoms with E-state index in [0.29, 0.717) is 25.7 Å². The van der Waals surface area contributed by atoms with Gasteiger partial charge in [0.1, 0.15) is 12.3 Å². The highest BCUT2D eigenvalue weighted by Crippen LogP contribution is 2.23. The number of amides is 2. The Morgan fingerprint density at radius 2 is 1.85 bits per heavy atom. The lowest BCUT2D eigenvalue weighted by molar-refractivity contribution is -0.120. The fraction of sp³-hybridized carbons (Fsp3) is 0.440. The molecule has 0 N–H and O–H groups in total. The van der Waals surface area contributed by atoms with Crippen LogP contribution in [0.5, 0.6) is 5.75 Å². The van der Waals surface area contributed by atoms with Crippen LogP contribution in [-0.4, -0.2) is 67.0 Å². The number of anilines is 1. The van der Waals surface area contributed by atoms with E-state index in [4.69, 9.17) is 4.74 Å². The maximum atomic E-state index is 13.5. The molecule has 2 aliphatic rings. The Balaban J connectivity index is 1.27. The number of halogens is 2. The normalized spacial score (nSPS) is 19.2. The van der Waals surface area contributed by atoms with Gasteiger partial charge in [0, 0.05) is 36.9 Å². The van der Waals surface area contributed by atoms with E-state index in [1.807, 2.05) is 24.3 Å². The number of rotatable bonds is 7. The van der Waals surface area contributed by atoms with E-state index in [1.165, 1.54) is 30.4 Å². The minimum atomic E-state index is -1.08. The number of carbonyl (C=O) groups is 2. The Hall–Kier alpha value is -3.00. The monoisotopic (exact) mass is 457 g/mol. The van der Waals surface area contributed by atoms with Gasteiger partial charge >= 0.3 is 0 Å². The molecular formula is C25H29F2N3O3. The maximum Gasteiger partial charge on any atom is 0.254 e. The topological polar surface area (TPSA) is 53.1 Å². The van der Waals surface area contributed by atoms with Crippen molar-refractivity contribution in [2.45, 2.75) is 32.2 Å². The van der Waals surface area contributed by atoms with E-state index < -0.39 is 17.5 Å². The Morgan fingerprint density at radius 3 is 2.52 bits per heavy atom. The predicted octanol–water partition coefficient (Wildman–Crippen LogP) is 3.71. The largest absolute Gasteiger partial charge is 0.494 e. The summed E-state index contributed by atoms with van der Waals surface area (Å²) in [4.78, 5) is 30.7. The third kappa shape index (κ3) is 5.50. The molecule has 2 heterocycles. The molecule has 4 rings (SSSR count). The number of hydrogen-bond acceptors (Lipinski definition) is 4. The van der Waals surface area contributed by atoms with Crippen LogP contribution in [-0.2, 0) is 4.79 Å². The van der Waals surface area contributed by atoms with Crippen molar-refractivity contribution in [1.29, 1.82) is 0 Å². The van der Waals surface area contributed by atoms with Crippen LogP contribution in [0.4, 0.5) is 14.5 Å². The van der Waals surface area contributed by atoms with Crippen LogP contribution >= 0.6 is 0 Å². The molecule has 2 aliphatic heterocycles. The average Bonchev–Trinajstić information content (AvgIpc) is 3.23. The van der Waals surface area contributed by atoms with Gasteiger partial charge < -0.3 is 19.4 Å². The van der Waals surface area contributed by atoms with Crippen molar-refractivity contribution in [2.24, 2.45) is 0 Å². The molecule has 0 aliphatic carbocycles. The zero-order valence-electron chi connectivity index (χ0n) is 18.8. The van der Waals surface area contributed by atoms with Crippen LogP contribution in [0.25, 0.3) is 0 Å². The second-order valence-corrected chi connectivity index (χ2v) is 8.62. The lowest BCUT2D eigenvalue weighted by atomic mass is 10.1. The van der Waals surface area contributed by atoms with E-state index in [9.17, 15) is 18.4 Å². The van der Waals surface area contributed by atoms with Crippen LogP contribution in [0, 0.1) is 11.6 Å². The number of hydrogen-bond donors (Lipinski definition) is 0. The molecule has 2 aromatic carbocycles. The number of benzene rings is 2. The van der Waals surface area contributed by atoms with E-state index in [0.717, 1.165) is 36.5 Å². The highest BCUT2D eigenvalue weighted by atomic mass is 19.2. The van der Waals surface area contributed by atoms with E-state index in [-0.39, 0.29) is 18.0 Å². The first-order chi connectivity index (χ1) is 15.9. The van der Waals surface area contributed by atoms with E-state index in [2.05, 4.69) is 11.8 Å². The summed E-state index contributed by atoms with van der Waals surface area (Å²) in [6.45, 7) is 5.63. The highest BCUT2D eigenvalue weighted by Gasteiger charge is 2.29. The fourth-order valence-corrected chi connectivity index (χ4v) is 4.44. The van der Waals surface area contributed by atoms with Gasteiger partial charge in [-0.3, -0.25) is 9.59 Å². The van der Waals surface area contributed by atoms with Crippen molar-refractivity contribution in [3.05, 3.63) is 59.7 Å². The van der Waals surface area contributed by atoms with E-state index in [1.54, 1.807) is 4.90 Å². The predicted molar refractivity (Wildman–Crippen MR) is 121 cm³/mol. The van der Waals surface area contributed by atoms with Crippen molar-refractivity contribution < 1.29 is 23.1 Å². The first kappa shape index (κ1) is 23.2. The van der Waals surface area contributed by atoms with Gasteiger partial charge in [-0.1, -0.05) is 0 Å². The van der Waals surface area contributed by atoms with Crippen molar-refractivity contribution >= 4 is 17.5 Å². The van der Waals surface area contributed by atoms with Crippen LogP contribution < -0.4 is 9.64 Å². The molecule has 0 saturated carbocycles. The fourth-order valence-electron chi connectivity index (χ4n) is 4.44. The first-order valence-corrected chi connectivity index (χ1v) is 11.4. The maximum absolute atomic E-state index is 13.5. The number of nitrogens with zero attached hydrogens (tertiary/aromatic N) is 3. The van der Waals surface area contributed by atoms with Crippen LogP contribution in [0.2, 0.25) is 0 Å². The minimum absolute atomic E-state index is 0.0239. The third-order valence-corrected chi connectivity index (χ3v) is 6.37. The molecule has 2 aromatic rings. The molecule has 2 saturated heterocycles. The molecule has 0 bridgehead atoms. The molecule has 8 heteroatoms. The average molecular weight is 458 g/mol. The zero-order chi connectivity index (χ0) is 23.4. The SMILES string of the molecule is C[C@@H]1CCCN1CCCOc1ccc(N2CCN(C(=O)c3ccc(F)c(F)c3)CC2=O)cc1. The molecule has 33 heavy (non-hydrogen) atoms. The van der Waals surface area contributed by atoms with Gasteiger partial charge in [-0.05, 0) is 75.2 Å². The second-order valence-electron chi connectivity index (χ2n) is 8.62. The number of likely N-dealkylation sites (tertiary alicyclic amines) is 1. The molecule has 0 unspecified atom stereocenters. The molecule has 1 atom stereocenters. The lowest BCUT2D eigenvalue weighted by Crippen LogP contribution is -2.52. The van der Waals surface area contributed by atoms with Gasteiger partial charge in [0.2, 0.25) is 5.91 Å². The molecule has 2 fully saturated rings. The number of carbonyl (C=O) groups excluding carboxylic acids is 2. The van der Waals surface area contributed by atoms with Crippen LogP contribution in [0.1, 0.15) is 36.5 Å². The third-order valence-electron chi connectivity index (χ3n) is 6.37.